The molecule has 0 saturated carbocycles. The summed E-state index contributed by atoms with van der Waals surface area (Å²) in [7, 11) is 3.48. The molecule has 0 unspecified atom stereocenters. The van der Waals surface area contributed by atoms with E-state index in [9.17, 15) is 0 Å². The molecule has 0 saturated heterocycles. The number of aliphatic hydroxyl groups is 1. The predicted molar refractivity (Wildman–Crippen MR) is 53.2 cm³/mol. The summed E-state index contributed by atoms with van der Waals surface area (Å²) in [5, 5.41) is 14.2. The highest BCUT2D eigenvalue weighted by molar-refractivity contribution is 5.85. The Hall–Kier alpha value is -1.55. The Morgan fingerprint density at radius 1 is 1.50 bits per heavy atom. The van der Waals surface area contributed by atoms with E-state index in [-0.39, 0.29) is 6.61 Å². The van der Waals surface area contributed by atoms with Crippen molar-refractivity contribution in [3.63, 3.8) is 0 Å². The van der Waals surface area contributed by atoms with Gasteiger partial charge in [0.1, 0.15) is 11.3 Å². The lowest BCUT2D eigenvalue weighted by Gasteiger charge is -2.05. The Labute approximate surface area is 81.7 Å². The highest BCUT2D eigenvalue weighted by Crippen LogP contribution is 2.26. The number of aryl methyl sites for hydroxylation is 1. The minimum atomic E-state index is 0.0151. The van der Waals surface area contributed by atoms with Gasteiger partial charge < -0.3 is 9.84 Å². The first-order chi connectivity index (χ1) is 6.76. The van der Waals surface area contributed by atoms with E-state index in [0.29, 0.717) is 0 Å². The maximum absolute atomic E-state index is 9.04. The van der Waals surface area contributed by atoms with Gasteiger partial charge in [-0.2, -0.15) is 5.10 Å². The smallest absolute Gasteiger partial charge is 0.145 e. The first-order valence-corrected chi connectivity index (χ1v) is 4.35. The van der Waals surface area contributed by atoms with Crippen LogP contribution in [0.5, 0.6) is 5.75 Å². The van der Waals surface area contributed by atoms with Gasteiger partial charge >= 0.3 is 0 Å². The van der Waals surface area contributed by atoms with Crippen molar-refractivity contribution in [3.05, 3.63) is 23.9 Å². The van der Waals surface area contributed by atoms with Gasteiger partial charge in [0.2, 0.25) is 0 Å². The van der Waals surface area contributed by atoms with Crippen molar-refractivity contribution in [2.75, 3.05) is 7.11 Å². The third-order valence-corrected chi connectivity index (χ3v) is 2.26. The fourth-order valence-corrected chi connectivity index (χ4v) is 1.59. The van der Waals surface area contributed by atoms with Gasteiger partial charge in [0.25, 0.3) is 0 Å². The summed E-state index contributed by atoms with van der Waals surface area (Å²) >= 11 is 0. The molecular formula is C10H12N2O2. The van der Waals surface area contributed by atoms with Crippen LogP contribution in [0.2, 0.25) is 0 Å². The average Bonchev–Trinajstić information content (AvgIpc) is 2.59. The van der Waals surface area contributed by atoms with Crippen molar-refractivity contribution in [3.8, 4) is 5.75 Å². The van der Waals surface area contributed by atoms with E-state index in [2.05, 4.69) is 5.10 Å². The van der Waals surface area contributed by atoms with Crippen LogP contribution in [0.15, 0.2) is 18.3 Å². The molecule has 1 aromatic heterocycles. The normalized spacial score (nSPS) is 10.8. The molecule has 0 atom stereocenters. The predicted octanol–water partition coefficient (Wildman–Crippen LogP) is 1.07. The number of benzene rings is 1. The molecule has 1 N–H and O–H groups in total. The summed E-state index contributed by atoms with van der Waals surface area (Å²) in [6.45, 7) is 0.0151. The Morgan fingerprint density at radius 3 is 2.93 bits per heavy atom. The molecule has 0 aliphatic heterocycles. The number of rotatable bonds is 2. The maximum atomic E-state index is 9.04. The van der Waals surface area contributed by atoms with Crippen molar-refractivity contribution in [2.45, 2.75) is 6.61 Å². The highest BCUT2D eigenvalue weighted by Gasteiger charge is 2.07. The third-order valence-electron chi connectivity index (χ3n) is 2.26. The zero-order valence-electron chi connectivity index (χ0n) is 8.19. The molecule has 2 aromatic rings. The Kier molecular flexibility index (Phi) is 2.13. The Balaban J connectivity index is 2.76. The van der Waals surface area contributed by atoms with E-state index in [4.69, 9.17) is 9.84 Å². The molecule has 0 bridgehead atoms. The number of nitrogens with zero attached hydrogens (tertiary/aromatic N) is 2. The second-order valence-electron chi connectivity index (χ2n) is 3.16. The number of methoxy groups -OCH3 is 1. The summed E-state index contributed by atoms with van der Waals surface area (Å²) in [5.41, 5.74) is 1.78. The van der Waals surface area contributed by atoms with Gasteiger partial charge in [-0.1, -0.05) is 0 Å². The van der Waals surface area contributed by atoms with Crippen LogP contribution in [-0.4, -0.2) is 22.0 Å². The van der Waals surface area contributed by atoms with Crippen molar-refractivity contribution in [1.82, 2.24) is 9.78 Å². The molecule has 0 spiro atoms. The first kappa shape index (κ1) is 9.02. The van der Waals surface area contributed by atoms with E-state index in [1.165, 1.54) is 0 Å². The van der Waals surface area contributed by atoms with Crippen LogP contribution in [0, 0.1) is 0 Å². The van der Waals surface area contributed by atoms with Crippen molar-refractivity contribution < 1.29 is 9.84 Å². The van der Waals surface area contributed by atoms with Gasteiger partial charge in [-0.3, -0.25) is 4.68 Å². The SMILES string of the molecule is COc1cc(CO)cc2cnn(C)c12. The van der Waals surface area contributed by atoms with E-state index >= 15 is 0 Å². The Bertz CT molecular complexity index is 462. The topological polar surface area (TPSA) is 47.3 Å². The first-order valence-electron chi connectivity index (χ1n) is 4.35. The van der Waals surface area contributed by atoms with Crippen LogP contribution < -0.4 is 4.74 Å². The highest BCUT2D eigenvalue weighted by atomic mass is 16.5. The third kappa shape index (κ3) is 1.24. The standard InChI is InChI=1S/C10H12N2O2/c1-12-10-8(5-11-12)3-7(6-13)4-9(10)14-2/h3-5,13H,6H2,1-2H3. The lowest BCUT2D eigenvalue weighted by atomic mass is 10.1. The second-order valence-corrected chi connectivity index (χ2v) is 3.16. The van der Waals surface area contributed by atoms with E-state index in [0.717, 1.165) is 22.2 Å². The molecule has 0 aliphatic carbocycles. The summed E-state index contributed by atoms with van der Waals surface area (Å²) < 4.78 is 7.00. The maximum Gasteiger partial charge on any atom is 0.145 e. The van der Waals surface area contributed by atoms with E-state index in [1.807, 2.05) is 19.2 Å². The van der Waals surface area contributed by atoms with Crippen molar-refractivity contribution in [2.24, 2.45) is 7.05 Å². The fourth-order valence-electron chi connectivity index (χ4n) is 1.59. The molecule has 0 fully saturated rings. The average molecular weight is 192 g/mol. The number of hydrogen-bond acceptors (Lipinski definition) is 3. The molecular weight excluding hydrogens is 180 g/mol. The van der Waals surface area contributed by atoms with Gasteiger partial charge in [-0.05, 0) is 17.7 Å². The van der Waals surface area contributed by atoms with Gasteiger partial charge in [-0.15, -0.1) is 0 Å². The summed E-state index contributed by atoms with van der Waals surface area (Å²) in [5.74, 6) is 0.742. The molecule has 4 heteroatoms. The fraction of sp³-hybridized carbons (Fsp3) is 0.300. The summed E-state index contributed by atoms with van der Waals surface area (Å²) in [6.07, 6.45) is 1.76. The lowest BCUT2D eigenvalue weighted by molar-refractivity contribution is 0.281. The minimum Gasteiger partial charge on any atom is -0.494 e. The van der Waals surface area contributed by atoms with Crippen LogP contribution in [0.1, 0.15) is 5.56 Å². The van der Waals surface area contributed by atoms with Gasteiger partial charge in [0.15, 0.2) is 0 Å². The van der Waals surface area contributed by atoms with Crippen molar-refractivity contribution >= 4 is 10.9 Å². The van der Waals surface area contributed by atoms with Crippen LogP contribution >= 0.6 is 0 Å². The minimum absolute atomic E-state index is 0.0151. The molecule has 1 aromatic carbocycles. The van der Waals surface area contributed by atoms with Crippen LogP contribution in [0.4, 0.5) is 0 Å². The van der Waals surface area contributed by atoms with Crippen LogP contribution in [-0.2, 0) is 13.7 Å². The zero-order chi connectivity index (χ0) is 10.1. The quantitative estimate of drug-likeness (QED) is 0.774. The number of hydrogen-bond donors (Lipinski definition) is 1. The summed E-state index contributed by atoms with van der Waals surface area (Å²) in [4.78, 5) is 0. The number of ether oxygens (including phenoxy) is 1. The number of aliphatic hydroxyl groups excluding tert-OH is 1. The second kappa shape index (κ2) is 3.31. The molecule has 0 radical (unpaired) electrons. The number of aromatic nitrogens is 2. The van der Waals surface area contributed by atoms with Gasteiger partial charge in [-0.25, -0.2) is 0 Å². The van der Waals surface area contributed by atoms with Crippen LogP contribution in [0.25, 0.3) is 10.9 Å². The zero-order valence-corrected chi connectivity index (χ0v) is 8.19. The molecule has 14 heavy (non-hydrogen) atoms. The van der Waals surface area contributed by atoms with Gasteiger partial charge in [0, 0.05) is 12.4 Å². The lowest BCUT2D eigenvalue weighted by Crippen LogP contribution is -1.94. The summed E-state index contributed by atoms with van der Waals surface area (Å²) in [6, 6.07) is 3.73. The van der Waals surface area contributed by atoms with Crippen molar-refractivity contribution in [1.29, 1.82) is 0 Å². The van der Waals surface area contributed by atoms with E-state index in [1.54, 1.807) is 18.0 Å². The monoisotopic (exact) mass is 192 g/mol. The molecule has 0 amide bonds. The number of fused-ring (bicyclic) bond motifs is 1. The molecule has 1 heterocycles. The Morgan fingerprint density at radius 2 is 2.29 bits per heavy atom. The molecule has 4 nitrogen and oxygen atoms in total. The largest absolute Gasteiger partial charge is 0.494 e. The van der Waals surface area contributed by atoms with Gasteiger partial charge in [0.05, 0.1) is 19.9 Å². The molecule has 0 aliphatic rings. The van der Waals surface area contributed by atoms with Crippen LogP contribution in [0.3, 0.4) is 0 Å². The molecule has 74 valence electrons. The molecule has 2 rings (SSSR count). The van der Waals surface area contributed by atoms with E-state index < -0.39 is 0 Å².